The van der Waals surface area contributed by atoms with E-state index in [1.54, 1.807) is 0 Å². The molecular weight excluding hydrogens is 260 g/mol. The molecule has 5 nitrogen and oxygen atoms in total. The molecule has 0 amide bonds. The Morgan fingerprint density at radius 3 is 2.70 bits per heavy atom. The van der Waals surface area contributed by atoms with Gasteiger partial charge in [0.2, 0.25) is 12.1 Å². The monoisotopic (exact) mass is 282 g/mol. The van der Waals surface area contributed by atoms with Gasteiger partial charge in [0.05, 0.1) is 5.92 Å². The second-order valence-corrected chi connectivity index (χ2v) is 7.14. The smallest absolute Gasteiger partial charge is 0.311 e. The zero-order valence-electron chi connectivity index (χ0n) is 12.3. The van der Waals surface area contributed by atoms with E-state index in [1.165, 1.54) is 0 Å². The summed E-state index contributed by atoms with van der Waals surface area (Å²) in [6, 6.07) is 0. The number of fused-ring (bicyclic) bond motifs is 2. The molecular formula is C15H22O5. The highest BCUT2D eigenvalue weighted by molar-refractivity contribution is 5.74. The molecule has 5 rings (SSSR count). The molecule has 5 fully saturated rings. The zero-order chi connectivity index (χ0) is 14.1. The lowest BCUT2D eigenvalue weighted by atomic mass is 9.58. The zero-order valence-corrected chi connectivity index (χ0v) is 12.3. The second-order valence-electron chi connectivity index (χ2n) is 7.14. The topological polar surface area (TPSA) is 54.0 Å². The minimum absolute atomic E-state index is 0.123. The van der Waals surface area contributed by atoms with Crippen molar-refractivity contribution in [2.75, 3.05) is 0 Å². The molecule has 20 heavy (non-hydrogen) atoms. The summed E-state index contributed by atoms with van der Waals surface area (Å²) in [6.07, 6.45) is 3.24. The summed E-state index contributed by atoms with van der Waals surface area (Å²) in [7, 11) is 0. The summed E-state index contributed by atoms with van der Waals surface area (Å²) in [5.74, 6) is -0.137. The van der Waals surface area contributed by atoms with Gasteiger partial charge in [0.1, 0.15) is 0 Å². The highest BCUT2D eigenvalue weighted by atomic mass is 17.3. The molecule has 112 valence electrons. The van der Waals surface area contributed by atoms with E-state index in [0.717, 1.165) is 25.7 Å². The van der Waals surface area contributed by atoms with E-state index in [4.69, 9.17) is 19.2 Å². The SMILES string of the molecule is C[C@H]1CC[C@@H]2[C@@H](C)C(=O)O[C@@H]3O[C@]4(C)CC[C@H]1[C@]32OO4. The number of hydrogen-bond donors (Lipinski definition) is 0. The minimum atomic E-state index is -0.793. The van der Waals surface area contributed by atoms with Crippen molar-refractivity contribution in [2.24, 2.45) is 23.7 Å². The molecule has 1 aliphatic carbocycles. The van der Waals surface area contributed by atoms with Crippen LogP contribution in [0.5, 0.6) is 0 Å². The largest absolute Gasteiger partial charge is 0.432 e. The molecule has 0 radical (unpaired) electrons. The fraction of sp³-hybridized carbons (Fsp3) is 0.933. The van der Waals surface area contributed by atoms with Crippen LogP contribution in [0.1, 0.15) is 46.5 Å². The number of rotatable bonds is 0. The predicted molar refractivity (Wildman–Crippen MR) is 68.0 cm³/mol. The molecule has 7 atom stereocenters. The summed E-state index contributed by atoms with van der Waals surface area (Å²) in [5.41, 5.74) is -0.610. The fourth-order valence-electron chi connectivity index (χ4n) is 4.76. The quantitative estimate of drug-likeness (QED) is 0.504. The Morgan fingerprint density at radius 1 is 1.10 bits per heavy atom. The molecule has 5 heteroatoms. The third-order valence-electron chi connectivity index (χ3n) is 5.97. The van der Waals surface area contributed by atoms with Gasteiger partial charge in [0.25, 0.3) is 0 Å². The van der Waals surface area contributed by atoms with Gasteiger partial charge in [-0.25, -0.2) is 9.78 Å². The van der Waals surface area contributed by atoms with Gasteiger partial charge in [-0.15, -0.1) is 0 Å². The van der Waals surface area contributed by atoms with Crippen molar-refractivity contribution in [1.82, 2.24) is 0 Å². The van der Waals surface area contributed by atoms with Crippen LogP contribution in [0.25, 0.3) is 0 Å². The average Bonchev–Trinajstić information content (AvgIpc) is 2.63. The van der Waals surface area contributed by atoms with E-state index >= 15 is 0 Å². The molecule has 0 aromatic heterocycles. The molecule has 0 aromatic carbocycles. The number of carbonyl (C=O) groups is 1. The average molecular weight is 282 g/mol. The van der Waals surface area contributed by atoms with Gasteiger partial charge in [0, 0.05) is 18.3 Å². The van der Waals surface area contributed by atoms with E-state index in [9.17, 15) is 4.79 Å². The Bertz CT molecular complexity index is 452. The Labute approximate surface area is 118 Å². The van der Waals surface area contributed by atoms with Crippen LogP contribution in [0.4, 0.5) is 0 Å². The first-order valence-electron chi connectivity index (χ1n) is 7.71. The van der Waals surface area contributed by atoms with E-state index in [0.29, 0.717) is 11.8 Å². The fourth-order valence-corrected chi connectivity index (χ4v) is 4.76. The van der Waals surface area contributed by atoms with Crippen molar-refractivity contribution in [3.05, 3.63) is 0 Å². The lowest BCUT2D eigenvalue weighted by molar-refractivity contribution is -0.559. The van der Waals surface area contributed by atoms with Crippen LogP contribution in [0.15, 0.2) is 0 Å². The molecule has 2 bridgehead atoms. The van der Waals surface area contributed by atoms with Gasteiger partial charge in [-0.2, -0.15) is 0 Å². The molecule has 1 spiro atoms. The molecule has 4 aliphatic heterocycles. The maximum atomic E-state index is 12.1. The standard InChI is InChI=1S/C15H22O5/c1-8-4-5-11-9(2)12(16)17-13-15(11)10(8)6-7-14(3,18-13)19-20-15/h8-11,13H,4-7H2,1-3H3/t8-,9+,10+,11+,13+,14-,15+/m0/s1. The second kappa shape index (κ2) is 3.96. The van der Waals surface area contributed by atoms with E-state index in [-0.39, 0.29) is 17.8 Å². The van der Waals surface area contributed by atoms with Crippen LogP contribution < -0.4 is 0 Å². The minimum Gasteiger partial charge on any atom is -0.432 e. The number of carbonyl (C=O) groups excluding carboxylic acids is 1. The summed E-state index contributed by atoms with van der Waals surface area (Å²) >= 11 is 0. The van der Waals surface area contributed by atoms with Crippen molar-refractivity contribution in [3.8, 4) is 0 Å². The Hall–Kier alpha value is -0.650. The van der Waals surface area contributed by atoms with Crippen molar-refractivity contribution >= 4 is 5.97 Å². The van der Waals surface area contributed by atoms with Crippen molar-refractivity contribution in [1.29, 1.82) is 0 Å². The lowest BCUT2D eigenvalue weighted by Gasteiger charge is -2.57. The Morgan fingerprint density at radius 2 is 1.90 bits per heavy atom. The van der Waals surface area contributed by atoms with Crippen LogP contribution in [-0.4, -0.2) is 23.6 Å². The normalized spacial score (nSPS) is 57.8. The summed E-state index contributed by atoms with van der Waals surface area (Å²) in [6.45, 7) is 6.06. The maximum Gasteiger partial charge on any atom is 0.311 e. The van der Waals surface area contributed by atoms with Gasteiger partial charge < -0.3 is 9.47 Å². The van der Waals surface area contributed by atoms with Crippen LogP contribution >= 0.6 is 0 Å². The predicted octanol–water partition coefficient (Wildman–Crippen LogP) is 2.39. The lowest BCUT2D eigenvalue weighted by Crippen LogP contribution is -2.69. The highest BCUT2D eigenvalue weighted by Crippen LogP contribution is 2.59. The van der Waals surface area contributed by atoms with Crippen LogP contribution in [-0.2, 0) is 24.0 Å². The summed E-state index contributed by atoms with van der Waals surface area (Å²) < 4.78 is 11.6. The van der Waals surface area contributed by atoms with Crippen molar-refractivity contribution < 1.29 is 24.0 Å². The number of hydrogen-bond acceptors (Lipinski definition) is 5. The van der Waals surface area contributed by atoms with Crippen LogP contribution in [0, 0.1) is 23.7 Å². The van der Waals surface area contributed by atoms with Crippen molar-refractivity contribution in [2.45, 2.75) is 64.1 Å². The van der Waals surface area contributed by atoms with Gasteiger partial charge in [-0.05, 0) is 32.1 Å². The molecule has 5 aliphatic rings. The first-order chi connectivity index (χ1) is 9.46. The van der Waals surface area contributed by atoms with E-state index < -0.39 is 17.7 Å². The van der Waals surface area contributed by atoms with Gasteiger partial charge >= 0.3 is 5.97 Å². The first kappa shape index (κ1) is 13.0. The third kappa shape index (κ3) is 1.46. The van der Waals surface area contributed by atoms with Gasteiger partial charge in [0.15, 0.2) is 5.60 Å². The number of ether oxygens (including phenoxy) is 2. The molecule has 1 saturated carbocycles. The Kier molecular flexibility index (Phi) is 2.58. The number of esters is 1. The first-order valence-corrected chi connectivity index (χ1v) is 7.71. The van der Waals surface area contributed by atoms with Gasteiger partial charge in [-0.1, -0.05) is 13.8 Å². The van der Waals surface area contributed by atoms with Crippen LogP contribution in [0.3, 0.4) is 0 Å². The molecule has 4 saturated heterocycles. The van der Waals surface area contributed by atoms with Gasteiger partial charge in [-0.3, -0.25) is 4.79 Å². The maximum absolute atomic E-state index is 12.1. The molecule has 0 aromatic rings. The summed E-state index contributed by atoms with van der Waals surface area (Å²) in [5, 5.41) is 0. The van der Waals surface area contributed by atoms with E-state index in [2.05, 4.69) is 6.92 Å². The van der Waals surface area contributed by atoms with Crippen LogP contribution in [0.2, 0.25) is 0 Å². The molecule has 0 unspecified atom stereocenters. The highest BCUT2D eigenvalue weighted by Gasteiger charge is 2.69. The summed E-state index contributed by atoms with van der Waals surface area (Å²) in [4.78, 5) is 23.7. The van der Waals surface area contributed by atoms with E-state index in [1.807, 2.05) is 13.8 Å². The van der Waals surface area contributed by atoms with Crippen molar-refractivity contribution in [3.63, 3.8) is 0 Å². The Balaban J connectivity index is 1.84. The molecule has 0 N–H and O–H groups in total. The third-order valence-corrected chi connectivity index (χ3v) is 5.97. The molecule has 4 heterocycles.